The number of nitrogens with one attached hydrogen (secondary N) is 1. The van der Waals surface area contributed by atoms with E-state index in [1.54, 1.807) is 0 Å². The maximum absolute atomic E-state index is 4.79. The molecule has 1 aromatic rings. The number of nitrogens with zero attached hydrogens (tertiary/aromatic N) is 3. The van der Waals surface area contributed by atoms with E-state index in [0.717, 1.165) is 48.8 Å². The smallest absolute Gasteiger partial charge is 0.137 e. The highest BCUT2D eigenvalue weighted by molar-refractivity contribution is 5.58. The summed E-state index contributed by atoms with van der Waals surface area (Å²) < 4.78 is 0. The van der Waals surface area contributed by atoms with Crippen LogP contribution in [0.3, 0.4) is 0 Å². The van der Waals surface area contributed by atoms with E-state index in [1.165, 1.54) is 0 Å². The van der Waals surface area contributed by atoms with Crippen molar-refractivity contribution in [1.29, 1.82) is 0 Å². The molecule has 0 saturated carbocycles. The fourth-order valence-corrected chi connectivity index (χ4v) is 2.30. The average molecular weight is 264 g/mol. The summed E-state index contributed by atoms with van der Waals surface area (Å²) in [7, 11) is 1.92. The Balaban J connectivity index is 3.26. The zero-order valence-corrected chi connectivity index (χ0v) is 13.2. The van der Waals surface area contributed by atoms with Crippen LogP contribution in [0, 0.1) is 6.92 Å². The van der Waals surface area contributed by atoms with Gasteiger partial charge < -0.3 is 10.2 Å². The van der Waals surface area contributed by atoms with Crippen LogP contribution in [0.25, 0.3) is 0 Å². The summed E-state index contributed by atoms with van der Waals surface area (Å²) in [6, 6.07) is 0.498. The van der Waals surface area contributed by atoms with E-state index in [1.807, 2.05) is 7.05 Å². The normalized spacial score (nSPS) is 12.3. The van der Waals surface area contributed by atoms with E-state index < -0.39 is 0 Å². The molecule has 0 bridgehead atoms. The monoisotopic (exact) mass is 264 g/mol. The lowest BCUT2D eigenvalue weighted by Crippen LogP contribution is -2.34. The lowest BCUT2D eigenvalue weighted by atomic mass is 10.2. The predicted octanol–water partition coefficient (Wildman–Crippen LogP) is 3.40. The Morgan fingerprint density at radius 1 is 1.21 bits per heavy atom. The third-order valence-corrected chi connectivity index (χ3v) is 3.61. The van der Waals surface area contributed by atoms with Crippen LogP contribution in [0.2, 0.25) is 0 Å². The summed E-state index contributed by atoms with van der Waals surface area (Å²) in [5.74, 6) is 2.98. The topological polar surface area (TPSA) is 41.1 Å². The fraction of sp³-hybridized carbons (Fsp3) is 0.733. The van der Waals surface area contributed by atoms with Crippen molar-refractivity contribution >= 4 is 11.6 Å². The second-order valence-electron chi connectivity index (χ2n) is 4.98. The van der Waals surface area contributed by atoms with Crippen LogP contribution in [0.1, 0.15) is 51.9 Å². The molecule has 4 heteroatoms. The van der Waals surface area contributed by atoms with E-state index in [9.17, 15) is 0 Å². The Labute approximate surface area is 117 Å². The number of aryl methyl sites for hydroxylation is 1. The first-order valence-corrected chi connectivity index (χ1v) is 7.40. The molecular weight excluding hydrogens is 236 g/mol. The van der Waals surface area contributed by atoms with Crippen molar-refractivity contribution in [2.45, 2.75) is 59.9 Å². The minimum atomic E-state index is 0.498. The molecule has 19 heavy (non-hydrogen) atoms. The molecule has 1 aromatic heterocycles. The molecule has 0 aliphatic carbocycles. The van der Waals surface area contributed by atoms with Crippen LogP contribution >= 0.6 is 0 Å². The fourth-order valence-electron chi connectivity index (χ4n) is 2.30. The minimum absolute atomic E-state index is 0.498. The molecule has 0 aliphatic heterocycles. The first-order valence-electron chi connectivity index (χ1n) is 7.40. The summed E-state index contributed by atoms with van der Waals surface area (Å²) in [5, 5.41) is 3.19. The van der Waals surface area contributed by atoms with Gasteiger partial charge in [0.15, 0.2) is 0 Å². The molecule has 1 unspecified atom stereocenters. The molecule has 108 valence electrons. The van der Waals surface area contributed by atoms with Crippen LogP contribution < -0.4 is 10.2 Å². The van der Waals surface area contributed by atoms with E-state index in [-0.39, 0.29) is 0 Å². The molecular formula is C15H28N4. The summed E-state index contributed by atoms with van der Waals surface area (Å²) in [6.45, 7) is 11.9. The van der Waals surface area contributed by atoms with Gasteiger partial charge in [-0.2, -0.15) is 0 Å². The molecule has 1 rings (SSSR count). The number of anilines is 2. The van der Waals surface area contributed by atoms with Gasteiger partial charge in [-0.25, -0.2) is 9.97 Å². The van der Waals surface area contributed by atoms with E-state index in [4.69, 9.17) is 4.98 Å². The summed E-state index contributed by atoms with van der Waals surface area (Å²) in [6.07, 6.45) is 3.12. The second-order valence-corrected chi connectivity index (χ2v) is 4.98. The van der Waals surface area contributed by atoms with Crippen molar-refractivity contribution < 1.29 is 0 Å². The lowest BCUT2D eigenvalue weighted by molar-refractivity contribution is 0.618. The third kappa shape index (κ3) is 3.58. The van der Waals surface area contributed by atoms with Crippen LogP contribution in [0.5, 0.6) is 0 Å². The standard InChI is InChI=1S/C15H28N4/c1-7-10-13-17-14(16-6)12(5)15(18-13)19(9-3)11(4)8-2/h11H,7-10H2,1-6H3,(H,16,17,18). The maximum Gasteiger partial charge on any atom is 0.137 e. The molecule has 0 spiro atoms. The van der Waals surface area contributed by atoms with Gasteiger partial charge in [0.25, 0.3) is 0 Å². The van der Waals surface area contributed by atoms with Crippen molar-refractivity contribution in [3.8, 4) is 0 Å². The number of hydrogen-bond acceptors (Lipinski definition) is 4. The highest BCUT2D eigenvalue weighted by Crippen LogP contribution is 2.25. The first-order chi connectivity index (χ1) is 9.08. The average Bonchev–Trinajstić information content (AvgIpc) is 2.42. The van der Waals surface area contributed by atoms with Gasteiger partial charge in [0.2, 0.25) is 0 Å². The molecule has 4 nitrogen and oxygen atoms in total. The SMILES string of the molecule is CCCc1nc(NC)c(C)c(N(CC)C(C)CC)n1. The molecule has 0 aromatic carbocycles. The highest BCUT2D eigenvalue weighted by Gasteiger charge is 2.18. The van der Waals surface area contributed by atoms with Crippen LogP contribution in [0.15, 0.2) is 0 Å². The van der Waals surface area contributed by atoms with E-state index in [2.05, 4.69) is 49.8 Å². The van der Waals surface area contributed by atoms with Gasteiger partial charge in [-0.1, -0.05) is 13.8 Å². The zero-order chi connectivity index (χ0) is 14.4. The molecule has 0 aliphatic rings. The number of rotatable bonds is 7. The van der Waals surface area contributed by atoms with Gasteiger partial charge in [-0.3, -0.25) is 0 Å². The van der Waals surface area contributed by atoms with Gasteiger partial charge in [0.05, 0.1) is 0 Å². The second kappa shape index (κ2) is 7.31. The molecule has 0 saturated heterocycles. The maximum atomic E-state index is 4.79. The summed E-state index contributed by atoms with van der Waals surface area (Å²) >= 11 is 0. The van der Waals surface area contributed by atoms with Crippen LogP contribution in [-0.2, 0) is 6.42 Å². The molecule has 1 atom stereocenters. The third-order valence-electron chi connectivity index (χ3n) is 3.61. The Morgan fingerprint density at radius 2 is 1.89 bits per heavy atom. The summed E-state index contributed by atoms with van der Waals surface area (Å²) in [5.41, 5.74) is 1.14. The van der Waals surface area contributed by atoms with Gasteiger partial charge in [0, 0.05) is 31.6 Å². The molecule has 1 N–H and O–H groups in total. The van der Waals surface area contributed by atoms with Crippen LogP contribution in [0.4, 0.5) is 11.6 Å². The lowest BCUT2D eigenvalue weighted by Gasteiger charge is -2.30. The summed E-state index contributed by atoms with van der Waals surface area (Å²) in [4.78, 5) is 11.8. The van der Waals surface area contributed by atoms with Crippen molar-refractivity contribution in [2.75, 3.05) is 23.8 Å². The first kappa shape index (κ1) is 15.7. The highest BCUT2D eigenvalue weighted by atomic mass is 15.2. The predicted molar refractivity (Wildman–Crippen MR) is 83.1 cm³/mol. The van der Waals surface area contributed by atoms with Crippen molar-refractivity contribution in [1.82, 2.24) is 9.97 Å². The van der Waals surface area contributed by atoms with E-state index in [0.29, 0.717) is 6.04 Å². The zero-order valence-electron chi connectivity index (χ0n) is 13.2. The van der Waals surface area contributed by atoms with Gasteiger partial charge >= 0.3 is 0 Å². The molecule has 1 heterocycles. The number of aromatic nitrogens is 2. The van der Waals surface area contributed by atoms with Gasteiger partial charge in [-0.05, 0) is 33.6 Å². The quantitative estimate of drug-likeness (QED) is 0.819. The van der Waals surface area contributed by atoms with Crippen molar-refractivity contribution in [3.05, 3.63) is 11.4 Å². The Hall–Kier alpha value is -1.32. The Kier molecular flexibility index (Phi) is 6.06. The largest absolute Gasteiger partial charge is 0.373 e. The Bertz CT molecular complexity index is 403. The van der Waals surface area contributed by atoms with E-state index >= 15 is 0 Å². The Morgan fingerprint density at radius 3 is 2.37 bits per heavy atom. The number of hydrogen-bond donors (Lipinski definition) is 1. The molecule has 0 radical (unpaired) electrons. The molecule has 0 amide bonds. The van der Waals surface area contributed by atoms with Crippen molar-refractivity contribution in [3.63, 3.8) is 0 Å². The van der Waals surface area contributed by atoms with Gasteiger partial charge in [0.1, 0.15) is 17.5 Å². The minimum Gasteiger partial charge on any atom is -0.373 e. The van der Waals surface area contributed by atoms with Crippen LogP contribution in [-0.4, -0.2) is 29.6 Å². The van der Waals surface area contributed by atoms with Gasteiger partial charge in [-0.15, -0.1) is 0 Å². The molecule has 0 fully saturated rings. The van der Waals surface area contributed by atoms with Crippen molar-refractivity contribution in [2.24, 2.45) is 0 Å².